The average Bonchev–Trinajstić information content (AvgIpc) is 2.81. The molecule has 2 heterocycles. The van der Waals surface area contributed by atoms with Gasteiger partial charge in [-0.2, -0.15) is 5.26 Å². The molecule has 0 radical (unpaired) electrons. The monoisotopic (exact) mass is 234 g/mol. The maximum absolute atomic E-state index is 11.5. The highest BCUT2D eigenvalue weighted by molar-refractivity contribution is 8.02. The Morgan fingerprint density at radius 1 is 1.69 bits per heavy atom. The molecule has 1 aliphatic heterocycles. The van der Waals surface area contributed by atoms with Crippen LogP contribution >= 0.6 is 11.8 Å². The van der Waals surface area contributed by atoms with Crippen LogP contribution in [0.15, 0.2) is 33.4 Å². The Hall–Kier alpha value is -1.67. The lowest BCUT2D eigenvalue weighted by atomic mass is 9.92. The summed E-state index contributed by atoms with van der Waals surface area (Å²) in [7, 11) is 0. The van der Waals surface area contributed by atoms with Gasteiger partial charge in [0.1, 0.15) is 5.76 Å². The molecule has 0 aliphatic carbocycles. The maximum atomic E-state index is 11.5. The molecule has 4 nitrogen and oxygen atoms in total. The normalized spacial score (nSPS) is 20.5. The molecular formula is C11H10N2O2S. The predicted octanol–water partition coefficient (Wildman–Crippen LogP) is 1.98. The largest absolute Gasteiger partial charge is 0.469 e. The fourth-order valence-corrected chi connectivity index (χ4v) is 2.34. The van der Waals surface area contributed by atoms with E-state index in [1.54, 1.807) is 18.4 Å². The number of hydrogen-bond acceptors (Lipinski definition) is 4. The summed E-state index contributed by atoms with van der Waals surface area (Å²) >= 11 is 1.37. The first-order valence-corrected chi connectivity index (χ1v) is 6.00. The van der Waals surface area contributed by atoms with Gasteiger partial charge in [0.05, 0.1) is 28.9 Å². The van der Waals surface area contributed by atoms with E-state index < -0.39 is 0 Å². The zero-order chi connectivity index (χ0) is 11.5. The van der Waals surface area contributed by atoms with Gasteiger partial charge in [-0.1, -0.05) is 0 Å². The molecule has 2 rings (SSSR count). The van der Waals surface area contributed by atoms with E-state index in [1.807, 2.05) is 6.26 Å². The van der Waals surface area contributed by atoms with Crippen LogP contribution in [0, 0.1) is 11.3 Å². The number of carbonyl (C=O) groups excluding carboxylic acids is 1. The third-order valence-corrected chi connectivity index (χ3v) is 3.18. The summed E-state index contributed by atoms with van der Waals surface area (Å²) in [5.74, 6) is 0.332. The molecule has 1 unspecified atom stereocenters. The lowest BCUT2D eigenvalue weighted by Gasteiger charge is -2.22. The van der Waals surface area contributed by atoms with Crippen LogP contribution in [-0.2, 0) is 4.79 Å². The Kier molecular flexibility index (Phi) is 3.02. The smallest absolute Gasteiger partial charge is 0.225 e. The molecule has 1 aliphatic rings. The molecule has 0 saturated carbocycles. The van der Waals surface area contributed by atoms with Crippen LogP contribution in [0.25, 0.3) is 0 Å². The highest BCUT2D eigenvalue weighted by Crippen LogP contribution is 2.35. The van der Waals surface area contributed by atoms with E-state index in [4.69, 9.17) is 9.68 Å². The van der Waals surface area contributed by atoms with Gasteiger partial charge in [-0.25, -0.2) is 0 Å². The number of nitrogens with one attached hydrogen (secondary N) is 1. The number of allylic oxidation sites excluding steroid dienone is 1. The first-order chi connectivity index (χ1) is 7.76. The van der Waals surface area contributed by atoms with Crippen molar-refractivity contribution < 1.29 is 9.21 Å². The molecule has 82 valence electrons. The van der Waals surface area contributed by atoms with Crippen molar-refractivity contribution in [1.29, 1.82) is 5.26 Å². The summed E-state index contributed by atoms with van der Waals surface area (Å²) < 4.78 is 5.27. The number of hydrogen-bond donors (Lipinski definition) is 1. The lowest BCUT2D eigenvalue weighted by Crippen LogP contribution is -2.30. The Bertz CT molecular complexity index is 471. The van der Waals surface area contributed by atoms with E-state index in [2.05, 4.69) is 11.4 Å². The summed E-state index contributed by atoms with van der Waals surface area (Å²) in [6.45, 7) is 0. The van der Waals surface area contributed by atoms with Crippen molar-refractivity contribution in [2.24, 2.45) is 0 Å². The van der Waals surface area contributed by atoms with Crippen LogP contribution in [0.2, 0.25) is 0 Å². The number of amides is 1. The average molecular weight is 234 g/mol. The molecule has 1 amide bonds. The molecule has 1 atom stereocenters. The van der Waals surface area contributed by atoms with E-state index in [9.17, 15) is 4.79 Å². The lowest BCUT2D eigenvalue weighted by molar-refractivity contribution is -0.120. The van der Waals surface area contributed by atoms with E-state index >= 15 is 0 Å². The first kappa shape index (κ1) is 10.8. The molecule has 0 aromatic carbocycles. The SMILES string of the molecule is CSC1=C(C#N)C(c2ccco2)CC(=O)N1. The third kappa shape index (κ3) is 1.84. The number of nitriles is 1. The number of rotatable bonds is 2. The van der Waals surface area contributed by atoms with E-state index in [0.717, 1.165) is 0 Å². The number of carbonyl (C=O) groups is 1. The van der Waals surface area contributed by atoms with Gasteiger partial charge in [0.2, 0.25) is 5.91 Å². The molecule has 5 heteroatoms. The molecule has 1 aromatic rings. The quantitative estimate of drug-likeness (QED) is 0.849. The second kappa shape index (κ2) is 4.45. The third-order valence-electron chi connectivity index (χ3n) is 2.45. The summed E-state index contributed by atoms with van der Waals surface area (Å²) in [5, 5.41) is 12.5. The molecule has 1 aromatic heterocycles. The van der Waals surface area contributed by atoms with E-state index in [0.29, 0.717) is 16.4 Å². The van der Waals surface area contributed by atoms with Crippen molar-refractivity contribution in [1.82, 2.24) is 5.32 Å². The zero-order valence-corrected chi connectivity index (χ0v) is 9.50. The van der Waals surface area contributed by atoms with Crippen molar-refractivity contribution in [3.05, 3.63) is 34.8 Å². The standard InChI is InChI=1S/C11H10N2O2S/c1-16-11-8(6-12)7(5-10(14)13-11)9-3-2-4-15-9/h2-4,7H,5H2,1H3,(H,13,14). The van der Waals surface area contributed by atoms with Gasteiger partial charge in [0.15, 0.2) is 0 Å². The number of furan rings is 1. The van der Waals surface area contributed by atoms with Crippen LogP contribution in [0.3, 0.4) is 0 Å². The van der Waals surface area contributed by atoms with Crippen LogP contribution in [0.1, 0.15) is 18.1 Å². The fourth-order valence-electron chi connectivity index (χ4n) is 1.71. The topological polar surface area (TPSA) is 66.0 Å². The molecular weight excluding hydrogens is 224 g/mol. The van der Waals surface area contributed by atoms with Crippen molar-refractivity contribution in [2.75, 3.05) is 6.26 Å². The molecule has 0 fully saturated rings. The van der Waals surface area contributed by atoms with Crippen LogP contribution in [0.5, 0.6) is 0 Å². The summed E-state index contributed by atoms with van der Waals surface area (Å²) in [6, 6.07) is 5.70. The second-order valence-corrected chi connectivity index (χ2v) is 4.20. The minimum absolute atomic E-state index is 0.0789. The van der Waals surface area contributed by atoms with E-state index in [-0.39, 0.29) is 18.2 Å². The van der Waals surface area contributed by atoms with Crippen LogP contribution in [0.4, 0.5) is 0 Å². The van der Waals surface area contributed by atoms with Crippen molar-refractivity contribution in [3.8, 4) is 6.07 Å². The Morgan fingerprint density at radius 2 is 2.50 bits per heavy atom. The zero-order valence-electron chi connectivity index (χ0n) is 8.69. The maximum Gasteiger partial charge on any atom is 0.225 e. The molecule has 0 saturated heterocycles. The second-order valence-electron chi connectivity index (χ2n) is 3.38. The summed E-state index contributed by atoms with van der Waals surface area (Å²) in [5.41, 5.74) is 0.571. The molecule has 0 spiro atoms. The van der Waals surface area contributed by atoms with Gasteiger partial charge < -0.3 is 9.73 Å². The van der Waals surface area contributed by atoms with Gasteiger partial charge in [-0.05, 0) is 18.4 Å². The van der Waals surface area contributed by atoms with Gasteiger partial charge in [0.25, 0.3) is 0 Å². The van der Waals surface area contributed by atoms with E-state index in [1.165, 1.54) is 11.8 Å². The first-order valence-electron chi connectivity index (χ1n) is 4.77. The number of nitrogens with zero attached hydrogens (tertiary/aromatic N) is 1. The Balaban J connectivity index is 2.44. The minimum Gasteiger partial charge on any atom is -0.469 e. The van der Waals surface area contributed by atoms with Gasteiger partial charge in [-0.15, -0.1) is 11.8 Å². The molecule has 0 bridgehead atoms. The summed E-state index contributed by atoms with van der Waals surface area (Å²) in [6.07, 6.45) is 3.65. The summed E-state index contributed by atoms with van der Waals surface area (Å²) in [4.78, 5) is 11.5. The van der Waals surface area contributed by atoms with Gasteiger partial charge in [0, 0.05) is 6.42 Å². The number of thioether (sulfide) groups is 1. The van der Waals surface area contributed by atoms with Crippen LogP contribution in [-0.4, -0.2) is 12.2 Å². The van der Waals surface area contributed by atoms with Gasteiger partial charge >= 0.3 is 0 Å². The van der Waals surface area contributed by atoms with Crippen molar-refractivity contribution >= 4 is 17.7 Å². The highest BCUT2D eigenvalue weighted by atomic mass is 32.2. The predicted molar refractivity (Wildman–Crippen MR) is 60.4 cm³/mol. The van der Waals surface area contributed by atoms with Crippen molar-refractivity contribution in [3.63, 3.8) is 0 Å². The minimum atomic E-state index is -0.254. The fraction of sp³-hybridized carbons (Fsp3) is 0.273. The Labute approximate surface area is 97.3 Å². The highest BCUT2D eigenvalue weighted by Gasteiger charge is 2.30. The molecule has 16 heavy (non-hydrogen) atoms. The van der Waals surface area contributed by atoms with Crippen molar-refractivity contribution in [2.45, 2.75) is 12.3 Å². The van der Waals surface area contributed by atoms with Gasteiger partial charge in [-0.3, -0.25) is 4.79 Å². The van der Waals surface area contributed by atoms with Crippen LogP contribution < -0.4 is 5.32 Å². The Morgan fingerprint density at radius 3 is 3.06 bits per heavy atom. The molecule has 1 N–H and O–H groups in total.